The van der Waals surface area contributed by atoms with Crippen molar-refractivity contribution in [1.82, 2.24) is 15.5 Å². The minimum atomic E-state index is 0. The number of ether oxygens (including phenoxy) is 2. The van der Waals surface area contributed by atoms with Gasteiger partial charge in [-0.25, -0.2) is 4.99 Å². The highest BCUT2D eigenvalue weighted by Crippen LogP contribution is 2.32. The number of hydrogen-bond acceptors (Lipinski definition) is 4. The number of nitrogens with zero attached hydrogens (tertiary/aromatic N) is 2. The van der Waals surface area contributed by atoms with Gasteiger partial charge in [0.05, 0.1) is 6.54 Å². The van der Waals surface area contributed by atoms with Gasteiger partial charge in [0.2, 0.25) is 12.7 Å². The van der Waals surface area contributed by atoms with Crippen molar-refractivity contribution in [2.45, 2.75) is 39.4 Å². The van der Waals surface area contributed by atoms with Gasteiger partial charge in [0.15, 0.2) is 17.5 Å². The van der Waals surface area contributed by atoms with Gasteiger partial charge in [0.1, 0.15) is 0 Å². The van der Waals surface area contributed by atoms with Crippen molar-refractivity contribution in [3.8, 4) is 11.5 Å². The van der Waals surface area contributed by atoms with Crippen LogP contribution in [0.15, 0.2) is 47.5 Å². The fourth-order valence-corrected chi connectivity index (χ4v) is 3.69. The Morgan fingerprint density at radius 3 is 2.68 bits per heavy atom. The predicted molar refractivity (Wildman–Crippen MR) is 131 cm³/mol. The molecule has 2 aliphatic heterocycles. The number of fused-ring (bicyclic) bond motifs is 1. The highest BCUT2D eigenvalue weighted by atomic mass is 127. The molecule has 4 rings (SSSR count). The lowest BCUT2D eigenvalue weighted by molar-refractivity contribution is -0.128. The Balaban J connectivity index is 0.00000272. The minimum absolute atomic E-state index is 0. The molecule has 1 amide bonds. The maximum Gasteiger partial charge on any atom is 0.231 e. The summed E-state index contributed by atoms with van der Waals surface area (Å²) in [6.07, 6.45) is 1.62. The van der Waals surface area contributed by atoms with Gasteiger partial charge in [0, 0.05) is 32.6 Å². The van der Waals surface area contributed by atoms with Gasteiger partial charge in [-0.15, -0.1) is 24.0 Å². The zero-order valence-electron chi connectivity index (χ0n) is 17.7. The third-order valence-electron chi connectivity index (χ3n) is 5.30. The molecule has 2 aromatic rings. The number of rotatable bonds is 7. The van der Waals surface area contributed by atoms with Crippen LogP contribution in [-0.2, 0) is 24.4 Å². The first-order valence-corrected chi connectivity index (χ1v) is 10.5. The summed E-state index contributed by atoms with van der Waals surface area (Å²) >= 11 is 0. The van der Waals surface area contributed by atoms with E-state index in [1.165, 1.54) is 11.1 Å². The fourth-order valence-electron chi connectivity index (χ4n) is 3.69. The number of carbonyl (C=O) groups excluding carboxylic acids is 1. The molecule has 31 heavy (non-hydrogen) atoms. The largest absolute Gasteiger partial charge is 0.454 e. The highest BCUT2D eigenvalue weighted by molar-refractivity contribution is 14.0. The zero-order valence-corrected chi connectivity index (χ0v) is 20.1. The van der Waals surface area contributed by atoms with Crippen LogP contribution in [-0.4, -0.2) is 36.6 Å². The van der Waals surface area contributed by atoms with Gasteiger partial charge < -0.3 is 25.0 Å². The molecule has 2 heterocycles. The van der Waals surface area contributed by atoms with Crippen molar-refractivity contribution >= 4 is 35.8 Å². The molecule has 0 aromatic heterocycles. The van der Waals surface area contributed by atoms with Crippen LogP contribution < -0.4 is 20.1 Å². The lowest BCUT2D eigenvalue weighted by Crippen LogP contribution is -2.37. The summed E-state index contributed by atoms with van der Waals surface area (Å²) in [4.78, 5) is 18.6. The van der Waals surface area contributed by atoms with E-state index >= 15 is 0 Å². The van der Waals surface area contributed by atoms with Crippen molar-refractivity contribution in [1.29, 1.82) is 0 Å². The van der Waals surface area contributed by atoms with E-state index in [1.54, 1.807) is 0 Å². The molecule has 0 saturated carbocycles. The van der Waals surface area contributed by atoms with Crippen molar-refractivity contribution in [2.24, 2.45) is 4.99 Å². The Bertz CT molecular complexity index is 935. The Labute approximate surface area is 200 Å². The predicted octanol–water partition coefficient (Wildman–Crippen LogP) is 3.41. The molecule has 0 spiro atoms. The second-order valence-electron chi connectivity index (χ2n) is 7.42. The number of amides is 1. The third kappa shape index (κ3) is 6.03. The highest BCUT2D eigenvalue weighted by Gasteiger charge is 2.21. The van der Waals surface area contributed by atoms with E-state index in [0.717, 1.165) is 42.5 Å². The molecule has 0 atom stereocenters. The molecule has 7 nitrogen and oxygen atoms in total. The molecule has 0 unspecified atom stereocenters. The number of halogens is 1. The average molecular weight is 536 g/mol. The number of carbonyl (C=O) groups is 1. The minimum Gasteiger partial charge on any atom is -0.454 e. The van der Waals surface area contributed by atoms with Crippen LogP contribution in [0.3, 0.4) is 0 Å². The molecule has 1 saturated heterocycles. The van der Waals surface area contributed by atoms with Gasteiger partial charge in [0.25, 0.3) is 0 Å². The van der Waals surface area contributed by atoms with Gasteiger partial charge in [-0.2, -0.15) is 0 Å². The summed E-state index contributed by atoms with van der Waals surface area (Å²) in [5.41, 5.74) is 3.40. The number of aliphatic imine (C=N–C) groups is 1. The summed E-state index contributed by atoms with van der Waals surface area (Å²) in [5.74, 6) is 2.55. The van der Waals surface area contributed by atoms with Gasteiger partial charge in [-0.1, -0.05) is 30.3 Å². The molecule has 2 aromatic carbocycles. The fraction of sp³-hybridized carbons (Fsp3) is 0.391. The van der Waals surface area contributed by atoms with Crippen LogP contribution in [0.4, 0.5) is 0 Å². The maximum absolute atomic E-state index is 12.0. The van der Waals surface area contributed by atoms with E-state index in [1.807, 2.05) is 42.2 Å². The number of likely N-dealkylation sites (tertiary alicyclic amines) is 1. The van der Waals surface area contributed by atoms with Crippen molar-refractivity contribution in [3.63, 3.8) is 0 Å². The van der Waals surface area contributed by atoms with Gasteiger partial charge in [-0.05, 0) is 42.2 Å². The summed E-state index contributed by atoms with van der Waals surface area (Å²) in [6.45, 7) is 5.79. The Hall–Kier alpha value is -2.49. The number of nitrogens with one attached hydrogen (secondary N) is 2. The van der Waals surface area contributed by atoms with Crippen molar-refractivity contribution in [2.75, 3.05) is 19.9 Å². The smallest absolute Gasteiger partial charge is 0.231 e. The van der Waals surface area contributed by atoms with E-state index in [-0.39, 0.29) is 36.7 Å². The molecule has 0 radical (unpaired) electrons. The molecule has 166 valence electrons. The van der Waals surface area contributed by atoms with Gasteiger partial charge in [-0.3, -0.25) is 4.79 Å². The molecular weight excluding hydrogens is 507 g/mol. The lowest BCUT2D eigenvalue weighted by atomic mass is 10.1. The Kier molecular flexibility index (Phi) is 8.39. The van der Waals surface area contributed by atoms with E-state index < -0.39 is 0 Å². The van der Waals surface area contributed by atoms with Gasteiger partial charge >= 0.3 is 0 Å². The quantitative estimate of drug-likeness (QED) is 0.323. The molecule has 2 N–H and O–H groups in total. The van der Waals surface area contributed by atoms with Crippen LogP contribution in [0.5, 0.6) is 11.5 Å². The summed E-state index contributed by atoms with van der Waals surface area (Å²) in [6, 6.07) is 14.1. The Morgan fingerprint density at radius 2 is 1.90 bits per heavy atom. The van der Waals surface area contributed by atoms with Crippen LogP contribution >= 0.6 is 24.0 Å². The topological polar surface area (TPSA) is 75.2 Å². The van der Waals surface area contributed by atoms with Crippen molar-refractivity contribution < 1.29 is 14.3 Å². The zero-order chi connectivity index (χ0) is 20.8. The second kappa shape index (κ2) is 11.2. The molecular formula is C23H29IN4O3. The summed E-state index contributed by atoms with van der Waals surface area (Å²) < 4.78 is 10.8. The van der Waals surface area contributed by atoms with E-state index in [4.69, 9.17) is 14.5 Å². The first-order valence-electron chi connectivity index (χ1n) is 10.5. The van der Waals surface area contributed by atoms with Crippen LogP contribution in [0.25, 0.3) is 0 Å². The van der Waals surface area contributed by atoms with E-state index in [0.29, 0.717) is 26.1 Å². The van der Waals surface area contributed by atoms with Crippen LogP contribution in [0, 0.1) is 0 Å². The maximum atomic E-state index is 12.0. The molecule has 1 fully saturated rings. The van der Waals surface area contributed by atoms with E-state index in [9.17, 15) is 4.79 Å². The van der Waals surface area contributed by atoms with E-state index in [2.05, 4.69) is 22.8 Å². The normalized spacial score (nSPS) is 15.1. The van der Waals surface area contributed by atoms with Crippen LogP contribution in [0.2, 0.25) is 0 Å². The second-order valence-corrected chi connectivity index (χ2v) is 7.42. The van der Waals surface area contributed by atoms with Crippen molar-refractivity contribution in [3.05, 3.63) is 59.2 Å². The molecule has 0 bridgehead atoms. The average Bonchev–Trinajstić information content (AvgIpc) is 3.39. The lowest BCUT2D eigenvalue weighted by Gasteiger charge is -2.19. The van der Waals surface area contributed by atoms with Crippen LogP contribution in [0.1, 0.15) is 36.5 Å². The number of benzene rings is 2. The summed E-state index contributed by atoms with van der Waals surface area (Å²) in [7, 11) is 0. The monoisotopic (exact) mass is 536 g/mol. The molecule has 8 heteroatoms. The first kappa shape index (κ1) is 23.2. The third-order valence-corrected chi connectivity index (χ3v) is 5.30. The number of hydrogen-bond donors (Lipinski definition) is 2. The SMILES string of the molecule is CCNC(=NCc1ccc2c(c1)OCO2)NCc1ccccc1CN1CCCC1=O.I. The number of guanidine groups is 1. The first-order chi connectivity index (χ1) is 14.7. The summed E-state index contributed by atoms with van der Waals surface area (Å²) in [5, 5.41) is 6.71. The standard InChI is InChI=1S/C23H28N4O3.HI/c1-2-24-23(25-13-17-9-10-20-21(12-17)30-16-29-20)26-14-18-6-3-4-7-19(18)15-27-11-5-8-22(27)28;/h3-4,6-7,9-10,12H,2,5,8,11,13-16H2,1H3,(H2,24,25,26);1H. The molecule has 0 aliphatic carbocycles. The molecule has 2 aliphatic rings. The Morgan fingerprint density at radius 1 is 1.10 bits per heavy atom.